The second kappa shape index (κ2) is 4.13. The highest BCUT2D eigenvalue weighted by molar-refractivity contribution is 5.41. The lowest BCUT2D eigenvalue weighted by Crippen LogP contribution is -2.75. The number of aliphatic hydroxyl groups excluding tert-OH is 1. The van der Waals surface area contributed by atoms with Gasteiger partial charge in [-0.2, -0.15) is 52.7 Å². The van der Waals surface area contributed by atoms with Crippen molar-refractivity contribution in [2.75, 3.05) is 0 Å². The molecule has 0 saturated heterocycles. The van der Waals surface area contributed by atoms with Crippen molar-refractivity contribution in [1.82, 2.24) is 0 Å². The van der Waals surface area contributed by atoms with Gasteiger partial charge in [-0.3, -0.25) is 0 Å². The fourth-order valence-corrected chi connectivity index (χ4v) is 1.71. The lowest BCUT2D eigenvalue weighted by atomic mass is 9.75. The number of allylic oxidation sites excluding steroid dienone is 2. The molecule has 1 unspecified atom stereocenters. The molecule has 0 fully saturated rings. The quantitative estimate of drug-likeness (QED) is 0.629. The van der Waals surface area contributed by atoms with E-state index < -0.39 is 47.1 Å². The fraction of sp³-hybridized carbons (Fsp3) is 0.750. The Hall–Kier alpha value is -1.37. The first kappa shape index (κ1) is 18.7. The molecule has 0 amide bonds. The summed E-state index contributed by atoms with van der Waals surface area (Å²) in [5.41, 5.74) is -12.0. The third kappa shape index (κ3) is 1.81. The number of hydrogen-bond acceptors (Lipinski definition) is 1. The van der Waals surface area contributed by atoms with Gasteiger partial charge >= 0.3 is 35.8 Å². The summed E-state index contributed by atoms with van der Waals surface area (Å²) in [5.74, 6) is -25.6. The van der Waals surface area contributed by atoms with Crippen LogP contribution in [0.5, 0.6) is 0 Å². The Balaban J connectivity index is 4.02. The third-order valence-electron chi connectivity index (χ3n) is 2.78. The second-order valence-electron chi connectivity index (χ2n) is 4.10. The molecule has 22 heavy (non-hydrogen) atoms. The highest BCUT2D eigenvalue weighted by Gasteiger charge is 2.94. The monoisotopic (exact) mass is 360 g/mol. The number of halogens is 13. The maximum Gasteiger partial charge on any atom is 0.435 e. The molecule has 1 nitrogen and oxygen atoms in total. The molecule has 0 radical (unpaired) electrons. The number of aliphatic hydroxyl groups is 1. The van der Waals surface area contributed by atoms with Crippen LogP contribution in [0.15, 0.2) is 11.3 Å². The van der Waals surface area contributed by atoms with Crippen molar-refractivity contribution in [3.63, 3.8) is 0 Å². The Bertz CT molecular complexity index is 509. The van der Waals surface area contributed by atoms with Gasteiger partial charge in [0.25, 0.3) is 0 Å². The summed E-state index contributed by atoms with van der Waals surface area (Å²) in [5, 5.41) is 8.32. The van der Waals surface area contributed by atoms with E-state index in [-0.39, 0.29) is 0 Å². The Morgan fingerprint density at radius 3 is 1.32 bits per heavy atom. The van der Waals surface area contributed by atoms with Crippen LogP contribution >= 0.6 is 0 Å². The smallest absolute Gasteiger partial charge is 0.435 e. The highest BCUT2D eigenvalue weighted by atomic mass is 19.4. The lowest BCUT2D eigenvalue weighted by molar-refractivity contribution is -0.406. The van der Waals surface area contributed by atoms with Crippen LogP contribution < -0.4 is 0 Å². The van der Waals surface area contributed by atoms with Crippen molar-refractivity contribution < 1.29 is 62.2 Å². The van der Waals surface area contributed by atoms with Gasteiger partial charge in [0.2, 0.25) is 0 Å². The standard InChI is InChI=1S/C8HF13O/c9-3(10)1(5(13,14)15)2(22)4(11,12)7(17,18)6(3,16)8(19,20)21/h22H. The molecule has 1 aliphatic carbocycles. The summed E-state index contributed by atoms with van der Waals surface area (Å²) in [6.07, 6.45) is -14.4. The average molecular weight is 360 g/mol. The molecule has 0 bridgehead atoms. The van der Waals surface area contributed by atoms with Crippen LogP contribution in [0.25, 0.3) is 0 Å². The predicted octanol–water partition coefficient (Wildman–Crippen LogP) is 4.55. The normalized spacial score (nSPS) is 31.3. The van der Waals surface area contributed by atoms with E-state index in [4.69, 9.17) is 5.11 Å². The fourth-order valence-electron chi connectivity index (χ4n) is 1.71. The molecule has 0 heterocycles. The molecule has 1 N–H and O–H groups in total. The Labute approximate surface area is 111 Å². The van der Waals surface area contributed by atoms with Crippen molar-refractivity contribution in [3.8, 4) is 0 Å². The Morgan fingerprint density at radius 2 is 1.05 bits per heavy atom. The van der Waals surface area contributed by atoms with Crippen LogP contribution in [-0.2, 0) is 0 Å². The molecular weight excluding hydrogens is 359 g/mol. The minimum absolute atomic E-state index is 4.09. The number of rotatable bonds is 0. The first-order valence-corrected chi connectivity index (χ1v) is 4.68. The van der Waals surface area contributed by atoms with E-state index in [1.165, 1.54) is 0 Å². The van der Waals surface area contributed by atoms with Crippen molar-refractivity contribution in [2.24, 2.45) is 0 Å². The minimum Gasteiger partial charge on any atom is -0.506 e. The van der Waals surface area contributed by atoms with Crippen LogP contribution in [0.3, 0.4) is 0 Å². The maximum atomic E-state index is 13.3. The van der Waals surface area contributed by atoms with Gasteiger partial charge in [0.15, 0.2) is 5.76 Å². The summed E-state index contributed by atoms with van der Waals surface area (Å²) in [6.45, 7) is 0. The molecule has 0 aromatic rings. The van der Waals surface area contributed by atoms with Crippen molar-refractivity contribution in [2.45, 2.75) is 35.8 Å². The van der Waals surface area contributed by atoms with Gasteiger partial charge in [0.1, 0.15) is 5.57 Å². The molecule has 0 aliphatic heterocycles. The molecular formula is C8HF13O. The van der Waals surface area contributed by atoms with E-state index in [0.717, 1.165) is 0 Å². The van der Waals surface area contributed by atoms with Crippen LogP contribution in [0.1, 0.15) is 0 Å². The number of alkyl halides is 13. The Morgan fingerprint density at radius 1 is 0.682 bits per heavy atom. The minimum atomic E-state index is -7.60. The summed E-state index contributed by atoms with van der Waals surface area (Å²) in [4.78, 5) is 0. The highest BCUT2D eigenvalue weighted by Crippen LogP contribution is 2.67. The second-order valence-corrected chi connectivity index (χ2v) is 4.10. The van der Waals surface area contributed by atoms with Gasteiger partial charge in [-0.1, -0.05) is 0 Å². The maximum absolute atomic E-state index is 13.3. The molecule has 1 aliphatic rings. The zero-order valence-corrected chi connectivity index (χ0v) is 9.36. The van der Waals surface area contributed by atoms with Crippen LogP contribution in [0, 0.1) is 0 Å². The third-order valence-corrected chi connectivity index (χ3v) is 2.78. The van der Waals surface area contributed by atoms with E-state index in [1.54, 1.807) is 0 Å². The van der Waals surface area contributed by atoms with E-state index in [2.05, 4.69) is 0 Å². The molecule has 0 saturated carbocycles. The number of hydrogen-bond donors (Lipinski definition) is 1. The molecule has 0 aromatic carbocycles. The zero-order valence-electron chi connectivity index (χ0n) is 9.36. The lowest BCUT2D eigenvalue weighted by Gasteiger charge is -2.46. The van der Waals surface area contributed by atoms with E-state index >= 15 is 0 Å². The molecule has 1 atom stereocenters. The summed E-state index contributed by atoms with van der Waals surface area (Å²) in [6, 6.07) is 0. The van der Waals surface area contributed by atoms with Gasteiger partial charge in [0.05, 0.1) is 0 Å². The van der Waals surface area contributed by atoms with Crippen molar-refractivity contribution >= 4 is 0 Å². The van der Waals surface area contributed by atoms with Crippen LogP contribution in [-0.4, -0.2) is 40.9 Å². The Kier molecular flexibility index (Phi) is 3.50. The van der Waals surface area contributed by atoms with Crippen molar-refractivity contribution in [1.29, 1.82) is 0 Å². The van der Waals surface area contributed by atoms with E-state index in [9.17, 15) is 57.1 Å². The predicted molar refractivity (Wildman–Crippen MR) is 40.4 cm³/mol. The van der Waals surface area contributed by atoms with E-state index in [0.29, 0.717) is 0 Å². The van der Waals surface area contributed by atoms with Gasteiger partial charge in [-0.15, -0.1) is 0 Å². The molecule has 0 spiro atoms. The first-order chi connectivity index (χ1) is 9.28. The van der Waals surface area contributed by atoms with E-state index in [1.807, 2.05) is 0 Å². The largest absolute Gasteiger partial charge is 0.506 e. The average Bonchev–Trinajstić information content (AvgIpc) is 2.21. The molecule has 14 heteroatoms. The zero-order chi connectivity index (χ0) is 18.2. The summed E-state index contributed by atoms with van der Waals surface area (Å²) in [7, 11) is 0. The molecule has 1 rings (SSSR count). The van der Waals surface area contributed by atoms with Crippen LogP contribution in [0.4, 0.5) is 57.1 Å². The topological polar surface area (TPSA) is 20.2 Å². The van der Waals surface area contributed by atoms with Gasteiger partial charge in [0, 0.05) is 0 Å². The van der Waals surface area contributed by atoms with Gasteiger partial charge in [-0.25, -0.2) is 4.39 Å². The van der Waals surface area contributed by atoms with Crippen molar-refractivity contribution in [3.05, 3.63) is 11.3 Å². The summed E-state index contributed by atoms with van der Waals surface area (Å²) >= 11 is 0. The summed E-state index contributed by atoms with van der Waals surface area (Å²) < 4.78 is 165. The SMILES string of the molecule is OC1=C(C(F)(F)F)C(F)(F)C(F)(C(F)(F)F)C(F)(F)C1(F)F. The molecule has 130 valence electrons. The molecule has 0 aromatic heterocycles. The van der Waals surface area contributed by atoms with Gasteiger partial charge < -0.3 is 5.11 Å². The van der Waals surface area contributed by atoms with Gasteiger partial charge in [-0.05, 0) is 0 Å². The van der Waals surface area contributed by atoms with Crippen LogP contribution in [0.2, 0.25) is 0 Å². The first-order valence-electron chi connectivity index (χ1n) is 4.68.